The van der Waals surface area contributed by atoms with Crippen LogP contribution >= 0.6 is 11.6 Å². The number of benzene rings is 1. The molecule has 0 bridgehead atoms. The Balaban J connectivity index is 2.42. The normalized spacial score (nSPS) is 10.4. The predicted molar refractivity (Wildman–Crippen MR) is 75.3 cm³/mol. The molecule has 0 aliphatic heterocycles. The minimum absolute atomic E-state index is 0.501. The fourth-order valence-electron chi connectivity index (χ4n) is 1.93. The summed E-state index contributed by atoms with van der Waals surface area (Å²) < 4.78 is 5.26. The maximum absolute atomic E-state index is 5.84. The number of aryl methyl sites for hydroxylation is 2. The number of nitrogens with zero attached hydrogens (tertiary/aromatic N) is 1. The first-order valence-electron chi connectivity index (χ1n) is 5.83. The molecule has 2 rings (SSSR count). The number of ether oxygens (including phenoxy) is 1. The van der Waals surface area contributed by atoms with Crippen LogP contribution in [0.3, 0.4) is 0 Å². The molecule has 1 aromatic carbocycles. The maximum Gasteiger partial charge on any atom is 0.121 e. The Morgan fingerprint density at radius 3 is 2.50 bits per heavy atom. The third-order valence-corrected chi connectivity index (χ3v) is 3.32. The van der Waals surface area contributed by atoms with Gasteiger partial charge in [0.2, 0.25) is 0 Å². The molecule has 2 aromatic rings. The number of halogens is 1. The van der Waals surface area contributed by atoms with Crippen molar-refractivity contribution in [3.05, 3.63) is 47.2 Å². The first-order chi connectivity index (χ1) is 8.65. The molecule has 0 radical (unpaired) electrons. The van der Waals surface area contributed by atoms with Crippen LogP contribution in [0.1, 0.15) is 16.8 Å². The van der Waals surface area contributed by atoms with Gasteiger partial charge in [0.1, 0.15) is 5.75 Å². The average molecular weight is 262 g/mol. The Hall–Kier alpha value is -1.54. The lowest BCUT2D eigenvalue weighted by Gasteiger charge is -2.09. The number of alkyl halides is 1. The summed E-state index contributed by atoms with van der Waals surface area (Å²) in [5, 5.41) is 0. The van der Waals surface area contributed by atoms with E-state index < -0.39 is 0 Å². The Labute approximate surface area is 113 Å². The van der Waals surface area contributed by atoms with E-state index in [1.807, 2.05) is 38.1 Å². The van der Waals surface area contributed by atoms with Crippen molar-refractivity contribution in [2.24, 2.45) is 0 Å². The highest BCUT2D eigenvalue weighted by Crippen LogP contribution is 2.25. The first-order valence-corrected chi connectivity index (χ1v) is 6.36. The molecule has 0 saturated heterocycles. The van der Waals surface area contributed by atoms with Gasteiger partial charge in [-0.3, -0.25) is 4.98 Å². The van der Waals surface area contributed by atoms with E-state index in [1.165, 1.54) is 0 Å². The lowest BCUT2D eigenvalue weighted by molar-refractivity contribution is 0.412. The topological polar surface area (TPSA) is 22.1 Å². The van der Waals surface area contributed by atoms with Crippen molar-refractivity contribution < 1.29 is 4.74 Å². The fraction of sp³-hybridized carbons (Fsp3) is 0.267. The van der Waals surface area contributed by atoms with Crippen molar-refractivity contribution in [3.8, 4) is 17.0 Å². The fourth-order valence-corrected chi connectivity index (χ4v) is 2.21. The zero-order chi connectivity index (χ0) is 13.1. The van der Waals surface area contributed by atoms with Crippen LogP contribution in [0.4, 0.5) is 0 Å². The van der Waals surface area contributed by atoms with Crippen molar-refractivity contribution in [1.29, 1.82) is 0 Å². The molecular weight excluding hydrogens is 246 g/mol. The Kier molecular flexibility index (Phi) is 3.87. The summed E-state index contributed by atoms with van der Waals surface area (Å²) in [5.41, 5.74) is 5.22. The van der Waals surface area contributed by atoms with Gasteiger partial charge in [0.05, 0.1) is 12.8 Å². The number of pyridine rings is 1. The predicted octanol–water partition coefficient (Wildman–Crippen LogP) is 4.11. The molecular formula is C15H16ClNO. The molecule has 0 atom stereocenters. The second-order valence-corrected chi connectivity index (χ2v) is 4.53. The molecule has 1 aromatic heterocycles. The van der Waals surface area contributed by atoms with Crippen LogP contribution in [0.25, 0.3) is 11.3 Å². The van der Waals surface area contributed by atoms with Gasteiger partial charge in [0, 0.05) is 17.1 Å². The van der Waals surface area contributed by atoms with Gasteiger partial charge in [-0.05, 0) is 49.2 Å². The van der Waals surface area contributed by atoms with Crippen LogP contribution in [0, 0.1) is 13.8 Å². The summed E-state index contributed by atoms with van der Waals surface area (Å²) in [6.07, 6.45) is 0. The zero-order valence-corrected chi connectivity index (χ0v) is 11.6. The molecule has 0 amide bonds. The Morgan fingerprint density at radius 2 is 1.94 bits per heavy atom. The van der Waals surface area contributed by atoms with Crippen LogP contribution in [-0.2, 0) is 5.88 Å². The van der Waals surface area contributed by atoms with E-state index in [-0.39, 0.29) is 0 Å². The molecule has 0 fully saturated rings. The summed E-state index contributed by atoms with van der Waals surface area (Å²) in [6, 6.07) is 10.1. The van der Waals surface area contributed by atoms with Gasteiger partial charge in [-0.1, -0.05) is 6.07 Å². The van der Waals surface area contributed by atoms with Crippen LogP contribution in [-0.4, -0.2) is 12.1 Å². The minimum atomic E-state index is 0.501. The summed E-state index contributed by atoms with van der Waals surface area (Å²) in [4.78, 5) is 4.59. The number of methoxy groups -OCH3 is 1. The Bertz CT molecular complexity index is 515. The smallest absolute Gasteiger partial charge is 0.121 e. The van der Waals surface area contributed by atoms with Gasteiger partial charge >= 0.3 is 0 Å². The molecule has 18 heavy (non-hydrogen) atoms. The molecule has 0 saturated carbocycles. The summed E-state index contributed by atoms with van der Waals surface area (Å²) in [5.74, 6) is 1.40. The van der Waals surface area contributed by atoms with Crippen molar-refractivity contribution >= 4 is 11.6 Å². The zero-order valence-electron chi connectivity index (χ0n) is 10.8. The van der Waals surface area contributed by atoms with Crippen molar-refractivity contribution in [2.75, 3.05) is 7.11 Å². The van der Waals surface area contributed by atoms with E-state index >= 15 is 0 Å². The monoisotopic (exact) mass is 261 g/mol. The van der Waals surface area contributed by atoms with Gasteiger partial charge in [0.25, 0.3) is 0 Å². The minimum Gasteiger partial charge on any atom is -0.496 e. The van der Waals surface area contributed by atoms with Crippen molar-refractivity contribution in [2.45, 2.75) is 19.7 Å². The van der Waals surface area contributed by atoms with Crippen LogP contribution in [0.5, 0.6) is 5.75 Å². The largest absolute Gasteiger partial charge is 0.496 e. The molecule has 0 unspecified atom stereocenters. The standard InChI is InChI=1S/C15H16ClNO/c1-10-8-12(5-7-15(10)18-3)14-6-4-13(9-16)11(2)17-14/h4-8H,9H2,1-3H3. The van der Waals surface area contributed by atoms with Gasteiger partial charge in [-0.15, -0.1) is 11.6 Å². The maximum atomic E-state index is 5.84. The van der Waals surface area contributed by atoms with Gasteiger partial charge in [-0.2, -0.15) is 0 Å². The number of hydrogen-bond acceptors (Lipinski definition) is 2. The molecule has 2 nitrogen and oxygen atoms in total. The number of aromatic nitrogens is 1. The molecule has 1 heterocycles. The lowest BCUT2D eigenvalue weighted by Crippen LogP contribution is -1.93. The SMILES string of the molecule is COc1ccc(-c2ccc(CCl)c(C)n2)cc1C. The van der Waals surface area contributed by atoms with Crippen molar-refractivity contribution in [1.82, 2.24) is 4.98 Å². The van der Waals surface area contributed by atoms with Crippen molar-refractivity contribution in [3.63, 3.8) is 0 Å². The third kappa shape index (κ3) is 2.49. The van der Waals surface area contributed by atoms with E-state index in [1.54, 1.807) is 7.11 Å². The second-order valence-electron chi connectivity index (χ2n) is 4.26. The van der Waals surface area contributed by atoms with Gasteiger partial charge < -0.3 is 4.74 Å². The summed E-state index contributed by atoms with van der Waals surface area (Å²) in [6.45, 7) is 4.01. The third-order valence-electron chi connectivity index (χ3n) is 3.03. The van der Waals surface area contributed by atoms with Crippen LogP contribution < -0.4 is 4.74 Å². The molecule has 0 aliphatic rings. The highest BCUT2D eigenvalue weighted by atomic mass is 35.5. The molecule has 0 N–H and O–H groups in total. The van der Waals surface area contributed by atoms with Crippen LogP contribution in [0.15, 0.2) is 30.3 Å². The number of hydrogen-bond donors (Lipinski definition) is 0. The highest BCUT2D eigenvalue weighted by Gasteiger charge is 2.05. The Morgan fingerprint density at radius 1 is 1.17 bits per heavy atom. The van der Waals surface area contributed by atoms with E-state index in [9.17, 15) is 0 Å². The first kappa shape index (κ1) is 12.9. The number of rotatable bonds is 3. The van der Waals surface area contributed by atoms with Gasteiger partial charge in [0.15, 0.2) is 0 Å². The van der Waals surface area contributed by atoms with E-state index in [0.717, 1.165) is 33.8 Å². The molecule has 94 valence electrons. The van der Waals surface area contributed by atoms with E-state index in [2.05, 4.69) is 11.1 Å². The summed E-state index contributed by atoms with van der Waals surface area (Å²) >= 11 is 5.84. The van der Waals surface area contributed by atoms with E-state index in [0.29, 0.717) is 5.88 Å². The van der Waals surface area contributed by atoms with Crippen LogP contribution in [0.2, 0.25) is 0 Å². The summed E-state index contributed by atoms with van der Waals surface area (Å²) in [7, 11) is 1.68. The van der Waals surface area contributed by atoms with Gasteiger partial charge in [-0.25, -0.2) is 0 Å². The second kappa shape index (κ2) is 5.40. The molecule has 3 heteroatoms. The average Bonchev–Trinajstić information content (AvgIpc) is 2.38. The molecule has 0 spiro atoms. The van der Waals surface area contributed by atoms with E-state index in [4.69, 9.17) is 16.3 Å². The quantitative estimate of drug-likeness (QED) is 0.776. The highest BCUT2D eigenvalue weighted by molar-refractivity contribution is 6.17. The lowest BCUT2D eigenvalue weighted by atomic mass is 10.1. The molecule has 0 aliphatic carbocycles.